The van der Waals surface area contributed by atoms with Crippen LogP contribution in [0.25, 0.3) is 0 Å². The summed E-state index contributed by atoms with van der Waals surface area (Å²) in [5, 5.41) is 19.5. The number of benzene rings is 2. The lowest BCUT2D eigenvalue weighted by molar-refractivity contribution is 0.111. The summed E-state index contributed by atoms with van der Waals surface area (Å²) in [6, 6.07) is 9.05. The quantitative estimate of drug-likeness (QED) is 0.838. The molecule has 19 heavy (non-hydrogen) atoms. The lowest BCUT2D eigenvalue weighted by atomic mass is 10.2. The zero-order chi connectivity index (χ0) is 13.8. The van der Waals surface area contributed by atoms with Gasteiger partial charge in [0.15, 0.2) is 0 Å². The molecule has 0 fully saturated rings. The van der Waals surface area contributed by atoms with Crippen LogP contribution >= 0.6 is 11.8 Å². The van der Waals surface area contributed by atoms with Crippen LogP contribution in [0.3, 0.4) is 0 Å². The van der Waals surface area contributed by atoms with Crippen molar-refractivity contribution in [3.05, 3.63) is 47.5 Å². The molecule has 0 saturated carbocycles. The molecule has 2 N–H and O–H groups in total. The summed E-state index contributed by atoms with van der Waals surface area (Å²) in [7, 11) is 0. The van der Waals surface area contributed by atoms with Crippen molar-refractivity contribution in [2.45, 2.75) is 9.79 Å². The minimum absolute atomic E-state index is 0.0338. The van der Waals surface area contributed by atoms with Crippen LogP contribution in [-0.4, -0.2) is 22.8 Å². The van der Waals surface area contributed by atoms with Crippen LogP contribution in [0, 0.1) is 0 Å². The number of carbonyl (C=O) groups excluding carboxylic acids is 2. The van der Waals surface area contributed by atoms with Crippen LogP contribution in [0.1, 0.15) is 20.7 Å². The normalized spacial score (nSPS) is 10.1. The van der Waals surface area contributed by atoms with Gasteiger partial charge in [-0.15, -0.1) is 0 Å². The topological polar surface area (TPSA) is 74.6 Å². The summed E-state index contributed by atoms with van der Waals surface area (Å²) >= 11 is 1.15. The highest BCUT2D eigenvalue weighted by molar-refractivity contribution is 7.99. The van der Waals surface area contributed by atoms with Crippen LogP contribution in [0.2, 0.25) is 0 Å². The number of aromatic hydroxyl groups is 2. The molecule has 2 rings (SSSR count). The van der Waals surface area contributed by atoms with E-state index in [1.807, 2.05) is 0 Å². The molecule has 2 aromatic rings. The van der Waals surface area contributed by atoms with Crippen LogP contribution in [0.4, 0.5) is 0 Å². The average Bonchev–Trinajstić information content (AvgIpc) is 2.42. The van der Waals surface area contributed by atoms with E-state index in [0.717, 1.165) is 11.8 Å². The highest BCUT2D eigenvalue weighted by Crippen LogP contribution is 2.39. The molecule has 0 aliphatic heterocycles. The first kappa shape index (κ1) is 13.2. The molecule has 96 valence electrons. The standard InChI is InChI=1S/C14H10O4S/c15-7-9-1-3-13(11(17)5-9)19-14-4-2-10(8-16)6-12(14)18/h1-8,17-18H. The summed E-state index contributed by atoms with van der Waals surface area (Å²) in [5.41, 5.74) is 0.754. The highest BCUT2D eigenvalue weighted by Gasteiger charge is 2.08. The van der Waals surface area contributed by atoms with E-state index >= 15 is 0 Å². The van der Waals surface area contributed by atoms with Crippen molar-refractivity contribution in [3.63, 3.8) is 0 Å². The molecule has 0 spiro atoms. The third-order valence-electron chi connectivity index (χ3n) is 2.46. The van der Waals surface area contributed by atoms with Crippen molar-refractivity contribution in [2.75, 3.05) is 0 Å². The fraction of sp³-hybridized carbons (Fsp3) is 0. The number of phenolic OH excluding ortho intramolecular Hbond substituents is 2. The van der Waals surface area contributed by atoms with Gasteiger partial charge in [-0.05, 0) is 24.3 Å². The third-order valence-corrected chi connectivity index (χ3v) is 3.59. The van der Waals surface area contributed by atoms with E-state index in [1.54, 1.807) is 24.3 Å². The number of aldehydes is 2. The predicted molar refractivity (Wildman–Crippen MR) is 71.1 cm³/mol. The maximum Gasteiger partial charge on any atom is 0.150 e. The van der Waals surface area contributed by atoms with E-state index in [2.05, 4.69) is 0 Å². The van der Waals surface area contributed by atoms with E-state index < -0.39 is 0 Å². The number of hydrogen-bond acceptors (Lipinski definition) is 5. The number of carbonyl (C=O) groups is 2. The highest BCUT2D eigenvalue weighted by atomic mass is 32.2. The van der Waals surface area contributed by atoms with Crippen molar-refractivity contribution in [2.24, 2.45) is 0 Å². The second-order valence-corrected chi connectivity index (χ2v) is 4.88. The predicted octanol–water partition coefficient (Wildman–Crippen LogP) is 2.87. The maximum absolute atomic E-state index is 10.6. The Hall–Kier alpha value is -2.27. The van der Waals surface area contributed by atoms with Crippen molar-refractivity contribution in [1.82, 2.24) is 0 Å². The average molecular weight is 274 g/mol. The second-order valence-electron chi connectivity index (χ2n) is 3.79. The molecule has 2 aromatic carbocycles. The fourth-order valence-corrected chi connectivity index (χ4v) is 2.34. The zero-order valence-electron chi connectivity index (χ0n) is 9.74. The molecule has 0 atom stereocenters. The van der Waals surface area contributed by atoms with Gasteiger partial charge in [0, 0.05) is 11.1 Å². The number of rotatable bonds is 4. The molecule has 0 heterocycles. The minimum atomic E-state index is -0.0338. The van der Waals surface area contributed by atoms with Gasteiger partial charge in [0.25, 0.3) is 0 Å². The third kappa shape index (κ3) is 2.95. The lowest BCUT2D eigenvalue weighted by Crippen LogP contribution is -1.83. The Labute approximate surface area is 113 Å². The van der Waals surface area contributed by atoms with Crippen molar-refractivity contribution in [3.8, 4) is 11.5 Å². The Morgan fingerprint density at radius 3 is 1.53 bits per heavy atom. The van der Waals surface area contributed by atoms with Crippen LogP contribution in [0.5, 0.6) is 11.5 Å². The Morgan fingerprint density at radius 2 is 1.21 bits per heavy atom. The summed E-state index contributed by atoms with van der Waals surface area (Å²) in [5.74, 6) is -0.0677. The molecule has 0 bridgehead atoms. The van der Waals surface area contributed by atoms with Gasteiger partial charge in [0.2, 0.25) is 0 Å². The zero-order valence-corrected chi connectivity index (χ0v) is 10.6. The first-order valence-electron chi connectivity index (χ1n) is 5.38. The van der Waals surface area contributed by atoms with Gasteiger partial charge >= 0.3 is 0 Å². The van der Waals surface area contributed by atoms with Crippen molar-refractivity contribution >= 4 is 24.3 Å². The summed E-state index contributed by atoms with van der Waals surface area (Å²) in [4.78, 5) is 22.2. The van der Waals surface area contributed by atoms with Gasteiger partial charge in [-0.25, -0.2) is 0 Å². The Kier molecular flexibility index (Phi) is 3.87. The SMILES string of the molecule is O=Cc1ccc(Sc2ccc(C=O)cc2O)c(O)c1. The largest absolute Gasteiger partial charge is 0.507 e. The Bertz CT molecular complexity index is 582. The molecule has 0 aliphatic rings. The number of hydrogen-bond donors (Lipinski definition) is 2. The Morgan fingerprint density at radius 1 is 0.789 bits per heavy atom. The van der Waals surface area contributed by atoms with E-state index in [1.165, 1.54) is 12.1 Å². The van der Waals surface area contributed by atoms with Crippen LogP contribution in [-0.2, 0) is 0 Å². The molecule has 0 amide bonds. The molecule has 0 aliphatic carbocycles. The van der Waals surface area contributed by atoms with E-state index in [9.17, 15) is 19.8 Å². The fourth-order valence-electron chi connectivity index (χ4n) is 1.51. The van der Waals surface area contributed by atoms with Gasteiger partial charge in [-0.2, -0.15) is 0 Å². The molecule has 0 saturated heterocycles. The van der Waals surface area contributed by atoms with E-state index in [0.29, 0.717) is 33.5 Å². The molecular weight excluding hydrogens is 264 g/mol. The first-order valence-corrected chi connectivity index (χ1v) is 6.20. The smallest absolute Gasteiger partial charge is 0.150 e. The van der Waals surface area contributed by atoms with E-state index in [-0.39, 0.29) is 11.5 Å². The molecule has 0 unspecified atom stereocenters. The van der Waals surface area contributed by atoms with Crippen LogP contribution < -0.4 is 0 Å². The molecule has 5 heteroatoms. The molecule has 0 radical (unpaired) electrons. The van der Waals surface area contributed by atoms with Crippen molar-refractivity contribution < 1.29 is 19.8 Å². The Balaban J connectivity index is 2.30. The molecular formula is C14H10O4S. The second kappa shape index (κ2) is 5.58. The number of phenols is 2. The minimum Gasteiger partial charge on any atom is -0.507 e. The summed E-state index contributed by atoms with van der Waals surface area (Å²) < 4.78 is 0. The van der Waals surface area contributed by atoms with Gasteiger partial charge in [0.1, 0.15) is 24.1 Å². The lowest BCUT2D eigenvalue weighted by Gasteiger charge is -2.07. The monoisotopic (exact) mass is 274 g/mol. The van der Waals surface area contributed by atoms with Gasteiger partial charge in [-0.1, -0.05) is 23.9 Å². The van der Waals surface area contributed by atoms with Crippen LogP contribution in [0.15, 0.2) is 46.2 Å². The summed E-state index contributed by atoms with van der Waals surface area (Å²) in [6.45, 7) is 0. The van der Waals surface area contributed by atoms with E-state index in [4.69, 9.17) is 0 Å². The van der Waals surface area contributed by atoms with Gasteiger partial charge in [0.05, 0.1) is 9.79 Å². The van der Waals surface area contributed by atoms with Crippen molar-refractivity contribution in [1.29, 1.82) is 0 Å². The molecule has 0 aromatic heterocycles. The van der Waals surface area contributed by atoms with Gasteiger partial charge < -0.3 is 10.2 Å². The maximum atomic E-state index is 10.6. The summed E-state index contributed by atoms with van der Waals surface area (Å²) in [6.07, 6.45) is 1.29. The van der Waals surface area contributed by atoms with Gasteiger partial charge in [-0.3, -0.25) is 9.59 Å². The first-order chi connectivity index (χ1) is 9.13. The molecule has 4 nitrogen and oxygen atoms in total.